The molecular formula is C4H7NNaO3P. The Morgan fingerprint density at radius 3 is 2.40 bits per heavy atom. The number of nitrogens with zero attached hydrogens (tertiary/aromatic N) is 1. The van der Waals surface area contributed by atoms with E-state index in [0.29, 0.717) is 0 Å². The Morgan fingerprint density at radius 2 is 2.30 bits per heavy atom. The second-order valence-corrected chi connectivity index (χ2v) is 3.03. The van der Waals surface area contributed by atoms with Gasteiger partial charge in [0.05, 0.1) is 6.07 Å². The summed E-state index contributed by atoms with van der Waals surface area (Å²) < 4.78 is 9.94. The van der Waals surface area contributed by atoms with E-state index in [2.05, 4.69) is 0 Å². The van der Waals surface area contributed by atoms with E-state index in [-0.39, 0.29) is 29.6 Å². The van der Waals surface area contributed by atoms with Gasteiger partial charge in [-0.25, -0.2) is 0 Å². The minimum absolute atomic E-state index is 0. The van der Waals surface area contributed by atoms with Crippen LogP contribution in [0.5, 0.6) is 0 Å². The van der Waals surface area contributed by atoms with Crippen molar-refractivity contribution in [3.63, 3.8) is 0 Å². The molecule has 2 unspecified atom stereocenters. The molecule has 0 aliphatic carbocycles. The Hall–Kier alpha value is 0.640. The molecule has 0 aliphatic rings. The first-order chi connectivity index (χ1) is 3.98. The molecule has 0 radical (unpaired) electrons. The van der Waals surface area contributed by atoms with Crippen LogP contribution in [0.1, 0.15) is 6.92 Å². The van der Waals surface area contributed by atoms with Crippen LogP contribution in [0.2, 0.25) is 0 Å². The average Bonchev–Trinajstić information content (AvgIpc) is 1.63. The Kier molecular flexibility index (Phi) is 7.04. The molecule has 0 aliphatic heterocycles. The molecule has 0 saturated heterocycles. The molecule has 0 bridgehead atoms. The van der Waals surface area contributed by atoms with Crippen molar-refractivity contribution >= 4 is 8.03 Å². The van der Waals surface area contributed by atoms with Crippen LogP contribution >= 0.6 is 8.03 Å². The molecule has 0 heterocycles. The fraction of sp³-hybridized carbons (Fsp3) is 0.750. The van der Waals surface area contributed by atoms with Gasteiger partial charge in [-0.05, 0) is 6.92 Å². The summed E-state index contributed by atoms with van der Waals surface area (Å²) in [5.74, 6) is 0. The minimum atomic E-state index is -2.98. The molecule has 0 aromatic heterocycles. The van der Waals surface area contributed by atoms with Crippen LogP contribution < -0.4 is 34.5 Å². The third kappa shape index (κ3) is 6.76. The van der Waals surface area contributed by atoms with Gasteiger partial charge in [0.2, 0.25) is 0 Å². The van der Waals surface area contributed by atoms with Crippen LogP contribution in [0.4, 0.5) is 0 Å². The number of hydrogen-bond acceptors (Lipinski definition) is 4. The quantitative estimate of drug-likeness (QED) is 0.261. The molecule has 0 aromatic carbocycles. The summed E-state index contributed by atoms with van der Waals surface area (Å²) in [6.07, 6.45) is -0.464. The van der Waals surface area contributed by atoms with E-state index in [1.165, 1.54) is 6.07 Å². The van der Waals surface area contributed by atoms with Crippen LogP contribution in [0.3, 0.4) is 0 Å². The van der Waals surface area contributed by atoms with Gasteiger partial charge in [0.25, 0.3) is 0 Å². The zero-order valence-electron chi connectivity index (χ0n) is 5.92. The maximum Gasteiger partial charge on any atom is 1.00 e. The Bertz CT molecular complexity index is 164. The predicted molar refractivity (Wildman–Crippen MR) is 30.1 cm³/mol. The fourth-order valence-electron chi connectivity index (χ4n) is 0.321. The maximum atomic E-state index is 9.94. The molecule has 4 nitrogen and oxygen atoms in total. The van der Waals surface area contributed by atoms with E-state index in [1.807, 2.05) is 0 Å². The van der Waals surface area contributed by atoms with E-state index in [4.69, 9.17) is 10.4 Å². The summed E-state index contributed by atoms with van der Waals surface area (Å²) >= 11 is 0. The van der Waals surface area contributed by atoms with Gasteiger partial charge in [0.15, 0.2) is 5.60 Å². The van der Waals surface area contributed by atoms with Crippen LogP contribution in [0, 0.1) is 11.3 Å². The summed E-state index contributed by atoms with van der Waals surface area (Å²) in [5, 5.41) is 16.8. The minimum Gasteiger partial charge on any atom is -0.801 e. The zero-order valence-corrected chi connectivity index (χ0v) is 8.92. The van der Waals surface area contributed by atoms with Gasteiger partial charge in [0.1, 0.15) is 0 Å². The second-order valence-electron chi connectivity index (χ2n) is 1.93. The summed E-state index contributed by atoms with van der Waals surface area (Å²) in [5.41, 5.74) is -1.71. The molecular weight excluding hydrogens is 164 g/mol. The molecule has 52 valence electrons. The molecule has 0 rings (SSSR count). The van der Waals surface area contributed by atoms with Crippen molar-refractivity contribution in [1.82, 2.24) is 0 Å². The van der Waals surface area contributed by atoms with Crippen molar-refractivity contribution in [2.75, 3.05) is 6.16 Å². The van der Waals surface area contributed by atoms with Crippen LogP contribution in [-0.4, -0.2) is 16.9 Å². The van der Waals surface area contributed by atoms with Gasteiger partial charge in [-0.15, -0.1) is 0 Å². The van der Waals surface area contributed by atoms with E-state index >= 15 is 0 Å². The average molecular weight is 171 g/mol. The normalized spacial score (nSPS) is 17.8. The van der Waals surface area contributed by atoms with Gasteiger partial charge in [0, 0.05) is 14.2 Å². The Balaban J connectivity index is 0. The van der Waals surface area contributed by atoms with E-state index in [1.54, 1.807) is 0 Å². The van der Waals surface area contributed by atoms with Crippen molar-refractivity contribution in [2.24, 2.45) is 0 Å². The first kappa shape index (κ1) is 13.2. The summed E-state index contributed by atoms with van der Waals surface area (Å²) in [4.78, 5) is 9.94. The van der Waals surface area contributed by atoms with Gasteiger partial charge < -0.3 is 14.6 Å². The number of rotatable bonds is 2. The van der Waals surface area contributed by atoms with Crippen LogP contribution in [0.15, 0.2) is 0 Å². The molecule has 0 saturated carbocycles. The van der Waals surface area contributed by atoms with Crippen LogP contribution in [-0.2, 0) is 4.57 Å². The van der Waals surface area contributed by atoms with E-state index < -0.39 is 19.8 Å². The van der Waals surface area contributed by atoms with Crippen molar-refractivity contribution < 1.29 is 44.1 Å². The monoisotopic (exact) mass is 171 g/mol. The molecule has 0 spiro atoms. The smallest absolute Gasteiger partial charge is 0.801 e. The van der Waals surface area contributed by atoms with Gasteiger partial charge >= 0.3 is 29.6 Å². The van der Waals surface area contributed by atoms with Crippen molar-refractivity contribution in [2.45, 2.75) is 12.5 Å². The van der Waals surface area contributed by atoms with Crippen molar-refractivity contribution in [3.8, 4) is 6.07 Å². The van der Waals surface area contributed by atoms with Gasteiger partial charge in [-0.1, -0.05) is 0 Å². The van der Waals surface area contributed by atoms with Crippen molar-refractivity contribution in [3.05, 3.63) is 0 Å². The number of aliphatic hydroxyl groups is 1. The zero-order chi connectivity index (χ0) is 7.49. The number of hydrogen-bond donors (Lipinski definition) is 1. The van der Waals surface area contributed by atoms with Crippen LogP contribution in [0.25, 0.3) is 0 Å². The SMILES string of the molecule is CC(O)(C#N)C[PH](=O)[O-].[Na+]. The van der Waals surface area contributed by atoms with Crippen molar-refractivity contribution in [1.29, 1.82) is 5.26 Å². The summed E-state index contributed by atoms with van der Waals surface area (Å²) in [6, 6.07) is 1.45. The summed E-state index contributed by atoms with van der Waals surface area (Å²) in [6.45, 7) is 1.16. The molecule has 1 N–H and O–H groups in total. The molecule has 0 fully saturated rings. The fourth-order valence-corrected chi connectivity index (χ4v) is 0.962. The second kappa shape index (κ2) is 5.31. The maximum absolute atomic E-state index is 9.94. The van der Waals surface area contributed by atoms with Gasteiger partial charge in [-0.2, -0.15) is 5.26 Å². The standard InChI is InChI=1S/C4H8NO3P.Na/c1-4(6,2-5)3-9(7)8;/h6,9H,3H2,1H3,(H,7,8);/q;+1/p-1. The molecule has 0 amide bonds. The van der Waals surface area contributed by atoms with E-state index in [0.717, 1.165) is 6.92 Å². The first-order valence-electron chi connectivity index (χ1n) is 2.31. The van der Waals surface area contributed by atoms with E-state index in [9.17, 15) is 9.46 Å². The molecule has 2 atom stereocenters. The Labute approximate surface area is 82.0 Å². The third-order valence-corrected chi connectivity index (χ3v) is 1.71. The topological polar surface area (TPSA) is 84.1 Å². The Morgan fingerprint density at radius 1 is 1.90 bits per heavy atom. The summed E-state index contributed by atoms with van der Waals surface area (Å²) in [7, 11) is -2.98. The molecule has 6 heteroatoms. The third-order valence-electron chi connectivity index (χ3n) is 0.729. The first-order valence-corrected chi connectivity index (χ1v) is 3.84. The molecule has 10 heavy (non-hydrogen) atoms. The number of nitriles is 1. The predicted octanol–water partition coefficient (Wildman–Crippen LogP) is -3.90. The van der Waals surface area contributed by atoms with Gasteiger partial charge in [-0.3, -0.25) is 0 Å². The molecule has 0 aromatic rings. The largest absolute Gasteiger partial charge is 1.00 e.